The summed E-state index contributed by atoms with van der Waals surface area (Å²) in [7, 11) is 0. The van der Waals surface area contributed by atoms with Crippen LogP contribution in [0, 0.1) is 0 Å². The maximum Gasteiger partial charge on any atom is 0.271 e. The van der Waals surface area contributed by atoms with Gasteiger partial charge in [-0.1, -0.05) is 19.3 Å². The van der Waals surface area contributed by atoms with Gasteiger partial charge in [0.1, 0.15) is 5.69 Å². The third-order valence-corrected chi connectivity index (χ3v) is 3.55. The number of aliphatic hydroxyl groups excluding tert-OH is 1. The number of aromatic nitrogens is 1. The van der Waals surface area contributed by atoms with Crippen molar-refractivity contribution in [3.8, 4) is 0 Å². The summed E-state index contributed by atoms with van der Waals surface area (Å²) in [5, 5.41) is 14.4. The van der Waals surface area contributed by atoms with Crippen molar-refractivity contribution < 1.29 is 9.90 Å². The number of nitrogens with one attached hydrogen (secondary N) is 1. The van der Waals surface area contributed by atoms with Crippen molar-refractivity contribution in [2.24, 2.45) is 0 Å². The molecule has 1 amide bonds. The van der Waals surface area contributed by atoms with Gasteiger partial charge in [-0.15, -0.1) is 11.3 Å². The predicted octanol–water partition coefficient (Wildman–Crippen LogP) is 1.57. The molecule has 16 heavy (non-hydrogen) atoms. The minimum absolute atomic E-state index is 0.114. The minimum atomic E-state index is -0.412. The number of aliphatic hydroxyl groups is 1. The second kappa shape index (κ2) is 5.41. The number of hydrogen-bond acceptors (Lipinski definition) is 4. The lowest BCUT2D eigenvalue weighted by Gasteiger charge is -2.21. The van der Waals surface area contributed by atoms with Gasteiger partial charge in [-0.25, -0.2) is 4.98 Å². The number of thiazole rings is 1. The number of nitrogens with zero attached hydrogens (tertiary/aromatic N) is 1. The Bertz CT molecular complexity index is 340. The molecule has 1 aromatic heterocycles. The fourth-order valence-electron chi connectivity index (χ4n) is 2.02. The standard InChI is InChI=1S/C11H16N2O2S/c14-10-5-3-1-2-4-8(10)13-11(15)9-6-16-7-12-9/h6-8,10,14H,1-5H2,(H,13,15). The molecule has 0 radical (unpaired) electrons. The van der Waals surface area contributed by atoms with Gasteiger partial charge in [0.2, 0.25) is 0 Å². The summed E-state index contributed by atoms with van der Waals surface area (Å²) in [6.07, 6.45) is 4.48. The molecular formula is C11H16N2O2S. The summed E-state index contributed by atoms with van der Waals surface area (Å²) in [5.41, 5.74) is 2.08. The van der Waals surface area contributed by atoms with E-state index >= 15 is 0 Å². The third-order valence-electron chi connectivity index (χ3n) is 2.96. The Labute approximate surface area is 98.7 Å². The lowest BCUT2D eigenvalue weighted by atomic mass is 10.1. The van der Waals surface area contributed by atoms with Crippen molar-refractivity contribution in [1.29, 1.82) is 0 Å². The normalized spacial score (nSPS) is 26.1. The van der Waals surface area contributed by atoms with Crippen LogP contribution in [0.15, 0.2) is 10.9 Å². The zero-order chi connectivity index (χ0) is 11.4. The molecule has 1 aliphatic rings. The van der Waals surface area contributed by atoms with Crippen molar-refractivity contribution in [1.82, 2.24) is 10.3 Å². The Morgan fingerprint density at radius 2 is 2.25 bits per heavy atom. The highest BCUT2D eigenvalue weighted by atomic mass is 32.1. The van der Waals surface area contributed by atoms with E-state index in [0.29, 0.717) is 5.69 Å². The average Bonchev–Trinajstić information content (AvgIpc) is 2.73. The first-order chi connectivity index (χ1) is 7.77. The van der Waals surface area contributed by atoms with Crippen LogP contribution in [0.4, 0.5) is 0 Å². The van der Waals surface area contributed by atoms with Gasteiger partial charge in [0.15, 0.2) is 0 Å². The van der Waals surface area contributed by atoms with E-state index in [4.69, 9.17) is 0 Å². The van der Waals surface area contributed by atoms with Crippen LogP contribution in [-0.2, 0) is 0 Å². The number of carbonyl (C=O) groups excluding carboxylic acids is 1. The van der Waals surface area contributed by atoms with E-state index in [1.807, 2.05) is 0 Å². The SMILES string of the molecule is O=C(NC1CCCCCC1O)c1cscn1. The van der Waals surface area contributed by atoms with Gasteiger partial charge in [-0.3, -0.25) is 4.79 Å². The van der Waals surface area contributed by atoms with E-state index in [9.17, 15) is 9.90 Å². The summed E-state index contributed by atoms with van der Waals surface area (Å²) in [5.74, 6) is -0.174. The molecule has 88 valence electrons. The van der Waals surface area contributed by atoms with Crippen molar-refractivity contribution in [2.75, 3.05) is 0 Å². The van der Waals surface area contributed by atoms with Crippen molar-refractivity contribution >= 4 is 17.2 Å². The molecule has 0 saturated heterocycles. The quantitative estimate of drug-likeness (QED) is 0.771. The van der Waals surface area contributed by atoms with Crippen LogP contribution in [-0.4, -0.2) is 28.1 Å². The first-order valence-corrected chi connectivity index (χ1v) is 6.59. The largest absolute Gasteiger partial charge is 0.391 e. The van der Waals surface area contributed by atoms with E-state index in [1.165, 1.54) is 11.3 Å². The second-order valence-electron chi connectivity index (χ2n) is 4.16. The molecule has 1 saturated carbocycles. The second-order valence-corrected chi connectivity index (χ2v) is 4.88. The van der Waals surface area contributed by atoms with Crippen LogP contribution in [0.25, 0.3) is 0 Å². The third kappa shape index (κ3) is 2.80. The van der Waals surface area contributed by atoms with Gasteiger partial charge in [0, 0.05) is 5.38 Å². The first kappa shape index (κ1) is 11.5. The highest BCUT2D eigenvalue weighted by molar-refractivity contribution is 7.07. The van der Waals surface area contributed by atoms with Gasteiger partial charge in [0.05, 0.1) is 17.7 Å². The molecule has 2 unspecified atom stereocenters. The van der Waals surface area contributed by atoms with Crippen LogP contribution in [0.5, 0.6) is 0 Å². The van der Waals surface area contributed by atoms with Crippen molar-refractivity contribution in [2.45, 2.75) is 44.2 Å². The number of carbonyl (C=O) groups is 1. The van der Waals surface area contributed by atoms with E-state index in [0.717, 1.165) is 32.1 Å². The van der Waals surface area contributed by atoms with E-state index in [-0.39, 0.29) is 11.9 Å². The summed E-state index contributed by atoms with van der Waals surface area (Å²) >= 11 is 1.40. The average molecular weight is 240 g/mol. The molecule has 5 heteroatoms. The Kier molecular flexibility index (Phi) is 3.90. The lowest BCUT2D eigenvalue weighted by Crippen LogP contribution is -2.42. The van der Waals surface area contributed by atoms with Gasteiger partial charge in [-0.05, 0) is 12.8 Å². The highest BCUT2D eigenvalue weighted by Crippen LogP contribution is 2.18. The smallest absolute Gasteiger partial charge is 0.271 e. The molecular weight excluding hydrogens is 224 g/mol. The fourth-order valence-corrected chi connectivity index (χ4v) is 2.56. The fraction of sp³-hybridized carbons (Fsp3) is 0.636. The number of rotatable bonds is 2. The maximum absolute atomic E-state index is 11.8. The molecule has 4 nitrogen and oxygen atoms in total. The van der Waals surface area contributed by atoms with E-state index in [2.05, 4.69) is 10.3 Å². The van der Waals surface area contributed by atoms with Gasteiger partial charge in [0.25, 0.3) is 5.91 Å². The van der Waals surface area contributed by atoms with Crippen LogP contribution >= 0.6 is 11.3 Å². The van der Waals surface area contributed by atoms with Gasteiger partial charge >= 0.3 is 0 Å². The highest BCUT2D eigenvalue weighted by Gasteiger charge is 2.23. The van der Waals surface area contributed by atoms with Crippen LogP contribution in [0.3, 0.4) is 0 Å². The van der Waals surface area contributed by atoms with E-state index in [1.54, 1.807) is 10.9 Å². The molecule has 0 aliphatic heterocycles. The van der Waals surface area contributed by atoms with Crippen LogP contribution < -0.4 is 5.32 Å². The Morgan fingerprint density at radius 1 is 1.44 bits per heavy atom. The van der Waals surface area contributed by atoms with E-state index < -0.39 is 6.10 Å². The maximum atomic E-state index is 11.8. The molecule has 2 rings (SSSR count). The molecule has 1 fully saturated rings. The first-order valence-electron chi connectivity index (χ1n) is 5.64. The Morgan fingerprint density at radius 3 is 3.00 bits per heavy atom. The van der Waals surface area contributed by atoms with Crippen LogP contribution in [0.2, 0.25) is 0 Å². The summed E-state index contributed by atoms with van der Waals surface area (Å²) in [6.45, 7) is 0. The Balaban J connectivity index is 1.95. The zero-order valence-corrected chi connectivity index (χ0v) is 9.87. The molecule has 1 aromatic rings. The summed E-state index contributed by atoms with van der Waals surface area (Å²) in [4.78, 5) is 15.7. The number of amides is 1. The molecule has 1 heterocycles. The van der Waals surface area contributed by atoms with Crippen molar-refractivity contribution in [3.63, 3.8) is 0 Å². The van der Waals surface area contributed by atoms with Gasteiger partial charge < -0.3 is 10.4 Å². The molecule has 0 bridgehead atoms. The molecule has 0 aromatic carbocycles. The molecule has 2 N–H and O–H groups in total. The lowest BCUT2D eigenvalue weighted by molar-refractivity contribution is 0.0815. The molecule has 2 atom stereocenters. The summed E-state index contributed by atoms with van der Waals surface area (Å²) < 4.78 is 0. The number of hydrogen-bond donors (Lipinski definition) is 2. The summed E-state index contributed by atoms with van der Waals surface area (Å²) in [6, 6.07) is -0.114. The van der Waals surface area contributed by atoms with Crippen LogP contribution in [0.1, 0.15) is 42.6 Å². The topological polar surface area (TPSA) is 62.2 Å². The monoisotopic (exact) mass is 240 g/mol. The minimum Gasteiger partial charge on any atom is -0.391 e. The Hall–Kier alpha value is -0.940. The molecule has 1 aliphatic carbocycles. The molecule has 0 spiro atoms. The van der Waals surface area contributed by atoms with Crippen molar-refractivity contribution in [3.05, 3.63) is 16.6 Å². The van der Waals surface area contributed by atoms with Gasteiger partial charge in [-0.2, -0.15) is 0 Å². The zero-order valence-electron chi connectivity index (χ0n) is 9.06. The predicted molar refractivity (Wildman–Crippen MR) is 62.5 cm³/mol.